The highest BCUT2D eigenvalue weighted by Gasteiger charge is 2.39. The fraction of sp³-hybridized carbons (Fsp3) is 0.577. The van der Waals surface area contributed by atoms with E-state index in [1.165, 1.54) is 0 Å². The monoisotopic (exact) mass is 500 g/mol. The van der Waals surface area contributed by atoms with E-state index in [0.717, 1.165) is 12.8 Å². The summed E-state index contributed by atoms with van der Waals surface area (Å²) in [6.07, 6.45) is 1.99. The molecular weight excluding hydrogens is 464 g/mol. The summed E-state index contributed by atoms with van der Waals surface area (Å²) >= 11 is 0. The minimum absolute atomic E-state index is 0.203. The first-order chi connectivity index (χ1) is 17.4. The maximum absolute atomic E-state index is 13.3. The lowest BCUT2D eigenvalue weighted by Gasteiger charge is -2.40. The number of amides is 3. The first kappa shape index (κ1) is 25.8. The van der Waals surface area contributed by atoms with Gasteiger partial charge in [0.1, 0.15) is 0 Å². The molecule has 0 aromatic heterocycles. The van der Waals surface area contributed by atoms with Crippen LogP contribution >= 0.6 is 0 Å². The van der Waals surface area contributed by atoms with Crippen LogP contribution in [-0.4, -0.2) is 92.7 Å². The molecule has 4 rings (SSSR count). The van der Waals surface area contributed by atoms with Crippen molar-refractivity contribution in [3.63, 3.8) is 0 Å². The fourth-order valence-electron chi connectivity index (χ4n) is 4.87. The Bertz CT molecular complexity index is 1030. The molecule has 1 atom stereocenters. The summed E-state index contributed by atoms with van der Waals surface area (Å²) in [6.45, 7) is 7.33. The number of hydrogen-bond acceptors (Lipinski definition) is 7. The molecule has 1 aromatic rings. The van der Waals surface area contributed by atoms with Gasteiger partial charge in [0.05, 0.1) is 32.4 Å². The van der Waals surface area contributed by atoms with E-state index >= 15 is 0 Å². The molecule has 0 unspecified atom stereocenters. The summed E-state index contributed by atoms with van der Waals surface area (Å²) < 4.78 is 16.3. The average Bonchev–Trinajstić information content (AvgIpc) is 3.74. The van der Waals surface area contributed by atoms with E-state index in [1.807, 2.05) is 17.9 Å². The van der Waals surface area contributed by atoms with E-state index in [1.54, 1.807) is 38.2 Å². The molecule has 1 aliphatic carbocycles. The Kier molecular flexibility index (Phi) is 8.03. The highest BCUT2D eigenvalue weighted by Crippen LogP contribution is 2.37. The van der Waals surface area contributed by atoms with Gasteiger partial charge in [-0.1, -0.05) is 6.07 Å². The first-order valence-electron chi connectivity index (χ1n) is 12.6. The standard InChI is InChI=1S/C26H36N4O6/c1-5-30-19(16-28-11-13-29(14-12-28)24(31)17-7-8-17)22(25(32)36-6-2)23(27-26(30)33)18-9-10-20(34-3)21(15-18)35-4/h9-10,15,17,23H,5-8,11-14,16H2,1-4H3,(H,27,33)/t23-/m0/s1. The zero-order chi connectivity index (χ0) is 25.8. The summed E-state index contributed by atoms with van der Waals surface area (Å²) in [5.74, 6) is 1.05. The third-order valence-corrected chi connectivity index (χ3v) is 6.97. The number of nitrogens with zero attached hydrogens (tertiary/aromatic N) is 3. The number of carbonyl (C=O) groups is 3. The molecule has 3 aliphatic rings. The predicted octanol–water partition coefficient (Wildman–Crippen LogP) is 2.16. The van der Waals surface area contributed by atoms with Gasteiger partial charge in [0.2, 0.25) is 5.91 Å². The Hall–Kier alpha value is -3.27. The van der Waals surface area contributed by atoms with E-state index < -0.39 is 12.0 Å². The van der Waals surface area contributed by atoms with E-state index in [4.69, 9.17) is 14.2 Å². The molecule has 2 fully saturated rings. The smallest absolute Gasteiger partial charge is 0.338 e. The molecule has 196 valence electrons. The van der Waals surface area contributed by atoms with E-state index in [2.05, 4.69) is 10.2 Å². The van der Waals surface area contributed by atoms with Crippen molar-refractivity contribution < 1.29 is 28.6 Å². The van der Waals surface area contributed by atoms with Gasteiger partial charge in [-0.3, -0.25) is 14.6 Å². The molecule has 2 aliphatic heterocycles. The number of rotatable bonds is 9. The van der Waals surface area contributed by atoms with Crippen molar-refractivity contribution in [1.82, 2.24) is 20.0 Å². The Balaban J connectivity index is 1.66. The molecule has 1 saturated carbocycles. The van der Waals surface area contributed by atoms with Crippen LogP contribution in [0.4, 0.5) is 4.79 Å². The van der Waals surface area contributed by atoms with Crippen LogP contribution in [0, 0.1) is 5.92 Å². The first-order valence-corrected chi connectivity index (χ1v) is 12.6. The number of likely N-dealkylation sites (N-methyl/N-ethyl adjacent to an activating group) is 1. The van der Waals surface area contributed by atoms with Crippen molar-refractivity contribution in [3.05, 3.63) is 35.0 Å². The highest BCUT2D eigenvalue weighted by atomic mass is 16.5. The van der Waals surface area contributed by atoms with Gasteiger partial charge in [0, 0.05) is 50.9 Å². The van der Waals surface area contributed by atoms with Gasteiger partial charge < -0.3 is 24.4 Å². The van der Waals surface area contributed by atoms with Crippen LogP contribution in [-0.2, 0) is 14.3 Å². The van der Waals surface area contributed by atoms with Crippen molar-refractivity contribution in [3.8, 4) is 11.5 Å². The molecular formula is C26H36N4O6. The number of methoxy groups -OCH3 is 2. The lowest BCUT2D eigenvalue weighted by Crippen LogP contribution is -2.54. The van der Waals surface area contributed by atoms with E-state index in [-0.39, 0.29) is 24.5 Å². The Morgan fingerprint density at radius 3 is 2.31 bits per heavy atom. The summed E-state index contributed by atoms with van der Waals surface area (Å²) in [4.78, 5) is 44.7. The van der Waals surface area contributed by atoms with Crippen molar-refractivity contribution in [2.24, 2.45) is 5.92 Å². The quantitative estimate of drug-likeness (QED) is 0.519. The maximum atomic E-state index is 13.3. The number of benzene rings is 1. The normalized spacial score (nSPS) is 20.8. The van der Waals surface area contributed by atoms with Crippen LogP contribution in [0.5, 0.6) is 11.5 Å². The van der Waals surface area contributed by atoms with Crippen LogP contribution in [0.3, 0.4) is 0 Å². The summed E-state index contributed by atoms with van der Waals surface area (Å²) in [6, 6.07) is 4.36. The molecule has 10 heteroatoms. The zero-order valence-corrected chi connectivity index (χ0v) is 21.5. The van der Waals surface area contributed by atoms with Crippen LogP contribution < -0.4 is 14.8 Å². The lowest BCUT2D eigenvalue weighted by atomic mass is 9.93. The zero-order valence-electron chi connectivity index (χ0n) is 21.5. The summed E-state index contributed by atoms with van der Waals surface area (Å²) in [5.41, 5.74) is 1.72. The molecule has 0 bridgehead atoms. The third-order valence-electron chi connectivity index (χ3n) is 6.97. The Morgan fingerprint density at radius 2 is 1.72 bits per heavy atom. The molecule has 1 saturated heterocycles. The highest BCUT2D eigenvalue weighted by molar-refractivity contribution is 5.95. The summed E-state index contributed by atoms with van der Waals surface area (Å²) in [7, 11) is 3.10. The topological polar surface area (TPSA) is 101 Å². The van der Waals surface area contributed by atoms with E-state index in [0.29, 0.717) is 67.6 Å². The number of nitrogens with one attached hydrogen (secondary N) is 1. The van der Waals surface area contributed by atoms with Crippen LogP contribution in [0.2, 0.25) is 0 Å². The lowest BCUT2D eigenvalue weighted by molar-refractivity contribution is -0.139. The fourth-order valence-corrected chi connectivity index (χ4v) is 4.87. The number of esters is 1. The minimum atomic E-state index is -0.702. The number of piperazine rings is 1. The number of urea groups is 1. The van der Waals surface area contributed by atoms with Gasteiger partial charge in [0.25, 0.3) is 0 Å². The van der Waals surface area contributed by atoms with Crippen LogP contribution in [0.25, 0.3) is 0 Å². The van der Waals surface area contributed by atoms with Crippen LogP contribution in [0.15, 0.2) is 29.5 Å². The number of hydrogen-bond donors (Lipinski definition) is 1. The van der Waals surface area contributed by atoms with Gasteiger partial charge in [-0.05, 0) is 44.4 Å². The predicted molar refractivity (Wildman–Crippen MR) is 133 cm³/mol. The molecule has 3 amide bonds. The van der Waals surface area contributed by atoms with Gasteiger partial charge in [0.15, 0.2) is 11.5 Å². The second kappa shape index (κ2) is 11.2. The SMILES string of the molecule is CCOC(=O)C1=C(CN2CCN(C(=O)C3CC3)CC2)N(CC)C(=O)N[C@H]1c1ccc(OC)c(OC)c1. The third kappa shape index (κ3) is 5.28. The van der Waals surface area contributed by atoms with Crippen molar-refractivity contribution in [2.45, 2.75) is 32.7 Å². The molecule has 1 aromatic carbocycles. The summed E-state index contributed by atoms with van der Waals surface area (Å²) in [5, 5.41) is 2.98. The molecule has 2 heterocycles. The largest absolute Gasteiger partial charge is 0.493 e. The van der Waals surface area contributed by atoms with Crippen LogP contribution in [0.1, 0.15) is 38.3 Å². The Morgan fingerprint density at radius 1 is 1.03 bits per heavy atom. The molecule has 0 spiro atoms. The maximum Gasteiger partial charge on any atom is 0.338 e. The molecule has 36 heavy (non-hydrogen) atoms. The average molecular weight is 501 g/mol. The van der Waals surface area contributed by atoms with Crippen molar-refractivity contribution in [1.29, 1.82) is 0 Å². The van der Waals surface area contributed by atoms with Crippen molar-refractivity contribution >= 4 is 17.9 Å². The number of carbonyl (C=O) groups excluding carboxylic acids is 3. The second-order valence-electron chi connectivity index (χ2n) is 9.20. The van der Waals surface area contributed by atoms with Gasteiger partial charge in [-0.25, -0.2) is 9.59 Å². The van der Waals surface area contributed by atoms with Gasteiger partial charge >= 0.3 is 12.0 Å². The number of ether oxygens (including phenoxy) is 3. The van der Waals surface area contributed by atoms with Crippen molar-refractivity contribution in [2.75, 3.05) is 60.1 Å². The van der Waals surface area contributed by atoms with Gasteiger partial charge in [-0.2, -0.15) is 0 Å². The molecule has 10 nitrogen and oxygen atoms in total. The molecule has 1 N–H and O–H groups in total. The minimum Gasteiger partial charge on any atom is -0.493 e. The Labute approximate surface area is 212 Å². The second-order valence-corrected chi connectivity index (χ2v) is 9.20. The van der Waals surface area contributed by atoms with Gasteiger partial charge in [-0.15, -0.1) is 0 Å². The molecule has 0 radical (unpaired) electrons. The van der Waals surface area contributed by atoms with E-state index in [9.17, 15) is 14.4 Å².